The van der Waals surface area contributed by atoms with Crippen molar-refractivity contribution in [2.75, 3.05) is 29.6 Å². The minimum Gasteiger partial charge on any atom is -0.362 e. The van der Waals surface area contributed by atoms with Crippen molar-refractivity contribution in [2.45, 2.75) is 89.6 Å². The van der Waals surface area contributed by atoms with Crippen LogP contribution in [0.1, 0.15) is 76.1 Å². The molecule has 7 nitrogen and oxygen atoms in total. The number of aromatic nitrogens is 2. The number of urea groups is 1. The van der Waals surface area contributed by atoms with E-state index in [0.29, 0.717) is 6.04 Å². The molecule has 0 spiro atoms. The molecule has 3 N–H and O–H groups in total. The van der Waals surface area contributed by atoms with Gasteiger partial charge in [-0.25, -0.2) is 9.78 Å². The van der Waals surface area contributed by atoms with Crippen molar-refractivity contribution >= 4 is 23.5 Å². The monoisotopic (exact) mass is 464 g/mol. The highest BCUT2D eigenvalue weighted by molar-refractivity contribution is 5.89. The Morgan fingerprint density at radius 2 is 1.59 bits per heavy atom. The molecule has 0 aliphatic heterocycles. The standard InChI is InChI=1S/C27H40N6O/c1-27(2,3)18-10-12-20(13-11-18)29-26(34)30-21-16-14-19(15-17-21)28-25-31-23-9-7-6-8-22(23)24(32-25)33(4)5/h10-13,19,21H,6-9,14-17H2,1-5H3,(H,28,31,32)(H2,29,30,34)/t19-,21+. The number of rotatable bonds is 5. The van der Waals surface area contributed by atoms with E-state index in [4.69, 9.17) is 9.97 Å². The molecule has 0 bridgehead atoms. The first-order valence-corrected chi connectivity index (χ1v) is 12.7. The van der Waals surface area contributed by atoms with Gasteiger partial charge in [-0.1, -0.05) is 32.9 Å². The number of aryl methyl sites for hydroxylation is 1. The average molecular weight is 465 g/mol. The molecule has 1 fully saturated rings. The SMILES string of the molecule is CN(C)c1nc(N[C@H]2CC[C@@H](NC(=O)Nc3ccc(C(C)(C)C)cc3)CC2)nc2c1CCCC2. The smallest absolute Gasteiger partial charge is 0.319 e. The van der Waals surface area contributed by atoms with Crippen LogP contribution in [-0.2, 0) is 18.3 Å². The van der Waals surface area contributed by atoms with Gasteiger partial charge in [0.05, 0.1) is 5.69 Å². The Morgan fingerprint density at radius 1 is 0.941 bits per heavy atom. The van der Waals surface area contributed by atoms with Gasteiger partial charge in [-0.05, 0) is 74.5 Å². The Labute approximate surface area is 204 Å². The Hall–Kier alpha value is -2.83. The molecule has 1 saturated carbocycles. The van der Waals surface area contributed by atoms with Crippen LogP contribution in [-0.4, -0.2) is 42.2 Å². The van der Waals surface area contributed by atoms with Crippen molar-refractivity contribution in [3.8, 4) is 0 Å². The number of carbonyl (C=O) groups is 1. The average Bonchev–Trinajstić information content (AvgIpc) is 2.79. The Kier molecular flexibility index (Phi) is 7.29. The zero-order valence-electron chi connectivity index (χ0n) is 21.4. The number of hydrogen-bond acceptors (Lipinski definition) is 5. The Bertz CT molecular complexity index is 987. The summed E-state index contributed by atoms with van der Waals surface area (Å²) in [5.41, 5.74) is 4.70. The van der Waals surface area contributed by atoms with E-state index in [-0.39, 0.29) is 17.5 Å². The molecule has 34 heavy (non-hydrogen) atoms. The van der Waals surface area contributed by atoms with E-state index >= 15 is 0 Å². The highest BCUT2D eigenvalue weighted by Crippen LogP contribution is 2.29. The molecule has 2 aromatic rings. The van der Waals surface area contributed by atoms with Crippen LogP contribution in [0.4, 0.5) is 22.2 Å². The van der Waals surface area contributed by atoms with E-state index < -0.39 is 0 Å². The predicted octanol–water partition coefficient (Wildman–Crippen LogP) is 5.26. The van der Waals surface area contributed by atoms with Gasteiger partial charge >= 0.3 is 6.03 Å². The molecular formula is C27H40N6O. The van der Waals surface area contributed by atoms with E-state index in [1.165, 1.54) is 29.7 Å². The van der Waals surface area contributed by atoms with Crippen LogP contribution in [0.25, 0.3) is 0 Å². The third kappa shape index (κ3) is 5.99. The maximum atomic E-state index is 12.5. The van der Waals surface area contributed by atoms with Crippen LogP contribution in [0.15, 0.2) is 24.3 Å². The van der Waals surface area contributed by atoms with Crippen molar-refractivity contribution in [1.29, 1.82) is 0 Å². The number of benzene rings is 1. The Morgan fingerprint density at radius 3 is 2.24 bits per heavy atom. The topological polar surface area (TPSA) is 82.2 Å². The second-order valence-electron chi connectivity index (χ2n) is 11.0. The molecule has 0 unspecified atom stereocenters. The summed E-state index contributed by atoms with van der Waals surface area (Å²) in [5.74, 6) is 1.80. The van der Waals surface area contributed by atoms with Gasteiger partial charge in [-0.15, -0.1) is 0 Å². The van der Waals surface area contributed by atoms with Gasteiger partial charge in [-0.3, -0.25) is 0 Å². The van der Waals surface area contributed by atoms with Crippen LogP contribution in [0.5, 0.6) is 0 Å². The summed E-state index contributed by atoms with van der Waals surface area (Å²) in [6.07, 6.45) is 8.40. The number of amides is 2. The predicted molar refractivity (Wildman–Crippen MR) is 140 cm³/mol. The molecule has 2 aliphatic rings. The summed E-state index contributed by atoms with van der Waals surface area (Å²) in [6, 6.07) is 8.50. The molecule has 0 atom stereocenters. The van der Waals surface area contributed by atoms with Gasteiger partial charge in [-0.2, -0.15) is 4.98 Å². The largest absolute Gasteiger partial charge is 0.362 e. The van der Waals surface area contributed by atoms with E-state index in [0.717, 1.165) is 56.0 Å². The van der Waals surface area contributed by atoms with Crippen LogP contribution in [0.2, 0.25) is 0 Å². The second-order valence-corrected chi connectivity index (χ2v) is 11.0. The second kappa shape index (κ2) is 10.2. The third-order valence-corrected chi connectivity index (χ3v) is 6.99. The van der Waals surface area contributed by atoms with Crippen molar-refractivity contribution < 1.29 is 4.79 Å². The van der Waals surface area contributed by atoms with Gasteiger partial charge < -0.3 is 20.9 Å². The first-order chi connectivity index (χ1) is 16.2. The number of carbonyl (C=O) groups excluding carboxylic acids is 1. The molecule has 2 aliphatic carbocycles. The van der Waals surface area contributed by atoms with E-state index in [1.54, 1.807) is 0 Å². The highest BCUT2D eigenvalue weighted by Gasteiger charge is 2.25. The number of anilines is 3. The lowest BCUT2D eigenvalue weighted by molar-refractivity contribution is 0.243. The molecule has 1 aromatic carbocycles. The zero-order valence-corrected chi connectivity index (χ0v) is 21.4. The minimum atomic E-state index is -0.131. The maximum absolute atomic E-state index is 12.5. The fourth-order valence-corrected chi connectivity index (χ4v) is 4.98. The lowest BCUT2D eigenvalue weighted by atomic mass is 9.87. The summed E-state index contributed by atoms with van der Waals surface area (Å²) in [6.45, 7) is 6.56. The first kappa shape index (κ1) is 24.3. The number of hydrogen-bond donors (Lipinski definition) is 3. The van der Waals surface area contributed by atoms with Crippen LogP contribution < -0.4 is 20.9 Å². The minimum absolute atomic E-state index is 0.103. The van der Waals surface area contributed by atoms with Crippen molar-refractivity contribution in [3.63, 3.8) is 0 Å². The fourth-order valence-electron chi connectivity index (χ4n) is 4.98. The third-order valence-electron chi connectivity index (χ3n) is 6.99. The summed E-state index contributed by atoms with van der Waals surface area (Å²) in [5, 5.41) is 9.70. The zero-order chi connectivity index (χ0) is 24.3. The van der Waals surface area contributed by atoms with Crippen LogP contribution in [0.3, 0.4) is 0 Å². The number of fused-ring (bicyclic) bond motifs is 1. The molecule has 2 amide bonds. The van der Waals surface area contributed by atoms with Gasteiger partial charge in [0.1, 0.15) is 5.82 Å². The van der Waals surface area contributed by atoms with E-state index in [9.17, 15) is 4.79 Å². The summed E-state index contributed by atoms with van der Waals surface area (Å²) >= 11 is 0. The number of nitrogens with one attached hydrogen (secondary N) is 3. The summed E-state index contributed by atoms with van der Waals surface area (Å²) in [7, 11) is 4.11. The van der Waals surface area contributed by atoms with Crippen LogP contribution in [0, 0.1) is 0 Å². The quantitative estimate of drug-likeness (QED) is 0.562. The van der Waals surface area contributed by atoms with E-state index in [1.807, 2.05) is 12.1 Å². The van der Waals surface area contributed by atoms with Gasteiger partial charge in [0, 0.05) is 37.4 Å². The summed E-state index contributed by atoms with van der Waals surface area (Å²) < 4.78 is 0. The lowest BCUT2D eigenvalue weighted by Gasteiger charge is -2.30. The number of nitrogens with zero attached hydrogens (tertiary/aromatic N) is 3. The maximum Gasteiger partial charge on any atom is 0.319 e. The van der Waals surface area contributed by atoms with Crippen LogP contribution >= 0.6 is 0 Å². The molecule has 0 radical (unpaired) electrons. The summed E-state index contributed by atoms with van der Waals surface area (Å²) in [4.78, 5) is 24.3. The molecule has 0 saturated heterocycles. The highest BCUT2D eigenvalue weighted by atomic mass is 16.2. The normalized spacial score (nSPS) is 20.3. The van der Waals surface area contributed by atoms with Crippen molar-refractivity contribution in [2.24, 2.45) is 0 Å². The Balaban J connectivity index is 1.27. The molecule has 1 heterocycles. The van der Waals surface area contributed by atoms with Gasteiger partial charge in [0.25, 0.3) is 0 Å². The molecule has 1 aromatic heterocycles. The van der Waals surface area contributed by atoms with Gasteiger partial charge in [0.15, 0.2) is 0 Å². The van der Waals surface area contributed by atoms with Crippen molar-refractivity contribution in [3.05, 3.63) is 41.1 Å². The fraction of sp³-hybridized carbons (Fsp3) is 0.593. The molecule has 7 heteroatoms. The molecule has 4 rings (SSSR count). The molecular weight excluding hydrogens is 424 g/mol. The van der Waals surface area contributed by atoms with Gasteiger partial charge in [0.2, 0.25) is 5.95 Å². The van der Waals surface area contributed by atoms with E-state index in [2.05, 4.69) is 67.8 Å². The van der Waals surface area contributed by atoms with Crippen molar-refractivity contribution in [1.82, 2.24) is 15.3 Å². The first-order valence-electron chi connectivity index (χ1n) is 12.7. The molecule has 184 valence electrons. The lowest BCUT2D eigenvalue weighted by Crippen LogP contribution is -2.42.